The van der Waals surface area contributed by atoms with E-state index in [1.165, 1.54) is 0 Å². The number of hydrogen-bond donors (Lipinski definition) is 2. The van der Waals surface area contributed by atoms with E-state index in [9.17, 15) is 5.11 Å². The summed E-state index contributed by atoms with van der Waals surface area (Å²) in [6.07, 6.45) is -0.124. The van der Waals surface area contributed by atoms with E-state index < -0.39 is 6.10 Å². The molecule has 1 atom stereocenters. The molecule has 66 valence electrons. The predicted octanol–water partition coefficient (Wildman–Crippen LogP) is 1.41. The fourth-order valence-corrected chi connectivity index (χ4v) is 1.24. The normalized spacial score (nSPS) is 12.9. The Morgan fingerprint density at radius 3 is 2.58 bits per heavy atom. The molecule has 0 aliphatic rings. The van der Waals surface area contributed by atoms with E-state index in [0.717, 1.165) is 11.1 Å². The van der Waals surface area contributed by atoms with Crippen LogP contribution in [0, 0.1) is 6.92 Å². The van der Waals surface area contributed by atoms with Crippen molar-refractivity contribution in [2.24, 2.45) is 0 Å². The minimum absolute atomic E-state index is 0.0233. The van der Waals surface area contributed by atoms with Crippen molar-refractivity contribution in [3.8, 4) is 0 Å². The Labute approximate surface area is 72.5 Å². The lowest BCUT2D eigenvalue weighted by molar-refractivity contribution is 0.134. The minimum Gasteiger partial charge on any atom is -0.396 e. The molecule has 2 nitrogen and oxygen atoms in total. The number of aryl methyl sites for hydroxylation is 1. The molecule has 1 rings (SSSR count). The van der Waals surface area contributed by atoms with Crippen molar-refractivity contribution in [1.29, 1.82) is 0 Å². The summed E-state index contributed by atoms with van der Waals surface area (Å²) in [6.45, 7) is 1.98. The van der Waals surface area contributed by atoms with Crippen molar-refractivity contribution in [2.75, 3.05) is 6.61 Å². The maximum absolute atomic E-state index is 9.54. The fraction of sp³-hybridized carbons (Fsp3) is 0.400. The van der Waals surface area contributed by atoms with Gasteiger partial charge in [0, 0.05) is 13.0 Å². The topological polar surface area (TPSA) is 40.5 Å². The van der Waals surface area contributed by atoms with Crippen LogP contribution in [0.1, 0.15) is 23.7 Å². The molecule has 0 aliphatic carbocycles. The number of benzene rings is 1. The van der Waals surface area contributed by atoms with Gasteiger partial charge in [-0.05, 0) is 18.1 Å². The Kier molecular flexibility index (Phi) is 3.26. The molecule has 0 aliphatic heterocycles. The smallest absolute Gasteiger partial charge is 0.0814 e. The summed E-state index contributed by atoms with van der Waals surface area (Å²) >= 11 is 0. The molecule has 0 spiro atoms. The summed E-state index contributed by atoms with van der Waals surface area (Å²) in [5, 5.41) is 18.2. The number of aliphatic hydroxyl groups excluding tert-OH is 2. The second-order valence-electron chi connectivity index (χ2n) is 2.88. The van der Waals surface area contributed by atoms with Crippen LogP contribution in [-0.2, 0) is 0 Å². The minimum atomic E-state index is -0.531. The zero-order chi connectivity index (χ0) is 8.97. The molecule has 0 heterocycles. The highest BCUT2D eigenvalue weighted by atomic mass is 16.3. The molecule has 0 fully saturated rings. The van der Waals surface area contributed by atoms with Crippen LogP contribution in [-0.4, -0.2) is 16.8 Å². The third-order valence-electron chi connectivity index (χ3n) is 1.95. The monoisotopic (exact) mass is 166 g/mol. The van der Waals surface area contributed by atoms with Gasteiger partial charge in [0.15, 0.2) is 0 Å². The molecule has 12 heavy (non-hydrogen) atoms. The Hall–Kier alpha value is -0.860. The quantitative estimate of drug-likeness (QED) is 0.712. The van der Waals surface area contributed by atoms with Gasteiger partial charge in [0.1, 0.15) is 0 Å². The highest BCUT2D eigenvalue weighted by Crippen LogP contribution is 2.19. The number of hydrogen-bond acceptors (Lipinski definition) is 2. The van der Waals surface area contributed by atoms with Gasteiger partial charge in [-0.3, -0.25) is 0 Å². The zero-order valence-electron chi connectivity index (χ0n) is 7.20. The first-order valence-corrected chi connectivity index (χ1v) is 4.10. The van der Waals surface area contributed by atoms with Crippen molar-refractivity contribution in [2.45, 2.75) is 19.4 Å². The highest BCUT2D eigenvalue weighted by Gasteiger charge is 2.07. The van der Waals surface area contributed by atoms with E-state index in [-0.39, 0.29) is 6.61 Å². The summed E-state index contributed by atoms with van der Waals surface area (Å²) in [4.78, 5) is 0. The van der Waals surface area contributed by atoms with Crippen LogP contribution in [0.4, 0.5) is 0 Å². The maximum Gasteiger partial charge on any atom is 0.0814 e. The predicted molar refractivity (Wildman–Crippen MR) is 47.8 cm³/mol. The third kappa shape index (κ3) is 2.06. The van der Waals surface area contributed by atoms with Crippen LogP contribution in [0.2, 0.25) is 0 Å². The van der Waals surface area contributed by atoms with Crippen LogP contribution in [0.25, 0.3) is 0 Å². The average molecular weight is 166 g/mol. The van der Waals surface area contributed by atoms with Crippen LogP contribution >= 0.6 is 0 Å². The largest absolute Gasteiger partial charge is 0.396 e. The number of rotatable bonds is 3. The van der Waals surface area contributed by atoms with Gasteiger partial charge in [0.25, 0.3) is 0 Å². The lowest BCUT2D eigenvalue weighted by atomic mass is 10.0. The van der Waals surface area contributed by atoms with Crippen LogP contribution in [0.3, 0.4) is 0 Å². The average Bonchev–Trinajstić information content (AvgIpc) is 2.05. The van der Waals surface area contributed by atoms with Gasteiger partial charge in [-0.2, -0.15) is 0 Å². The van der Waals surface area contributed by atoms with Crippen LogP contribution in [0.5, 0.6) is 0 Å². The molecule has 0 saturated carbocycles. The van der Waals surface area contributed by atoms with E-state index in [2.05, 4.69) is 0 Å². The van der Waals surface area contributed by atoms with Gasteiger partial charge < -0.3 is 10.2 Å². The van der Waals surface area contributed by atoms with Gasteiger partial charge in [-0.25, -0.2) is 0 Å². The second kappa shape index (κ2) is 4.24. The van der Waals surface area contributed by atoms with Crippen molar-refractivity contribution in [1.82, 2.24) is 0 Å². The third-order valence-corrected chi connectivity index (χ3v) is 1.95. The molecule has 2 N–H and O–H groups in total. The van der Waals surface area contributed by atoms with Gasteiger partial charge in [0.05, 0.1) is 6.10 Å². The molecule has 2 heteroatoms. The first-order valence-electron chi connectivity index (χ1n) is 4.10. The molecule has 0 bridgehead atoms. The maximum atomic E-state index is 9.54. The van der Waals surface area contributed by atoms with E-state index in [1.807, 2.05) is 31.2 Å². The fourth-order valence-electron chi connectivity index (χ4n) is 1.24. The lowest BCUT2D eigenvalue weighted by Gasteiger charge is -2.11. The SMILES string of the molecule is Cc1ccccc1[C@@H](O)CCO. The Morgan fingerprint density at radius 1 is 1.33 bits per heavy atom. The van der Waals surface area contributed by atoms with Crippen LogP contribution < -0.4 is 0 Å². The van der Waals surface area contributed by atoms with Crippen molar-refractivity contribution in [3.63, 3.8) is 0 Å². The second-order valence-corrected chi connectivity index (χ2v) is 2.88. The standard InChI is InChI=1S/C10H14O2/c1-8-4-2-3-5-9(8)10(12)6-7-11/h2-5,10-12H,6-7H2,1H3/t10-/m0/s1. The summed E-state index contributed by atoms with van der Waals surface area (Å²) in [7, 11) is 0. The van der Waals surface area contributed by atoms with E-state index in [0.29, 0.717) is 6.42 Å². The molecule has 0 aromatic heterocycles. The molecule has 0 amide bonds. The van der Waals surface area contributed by atoms with E-state index >= 15 is 0 Å². The molecule has 0 unspecified atom stereocenters. The molecular formula is C10H14O2. The first-order chi connectivity index (χ1) is 5.75. The van der Waals surface area contributed by atoms with Crippen molar-refractivity contribution in [3.05, 3.63) is 35.4 Å². The lowest BCUT2D eigenvalue weighted by Crippen LogP contribution is -2.01. The summed E-state index contributed by atoms with van der Waals surface area (Å²) in [5.41, 5.74) is 1.98. The Balaban J connectivity index is 2.79. The Bertz CT molecular complexity index is 245. The van der Waals surface area contributed by atoms with Gasteiger partial charge in [-0.15, -0.1) is 0 Å². The molecule has 1 aromatic carbocycles. The van der Waals surface area contributed by atoms with Crippen molar-refractivity contribution < 1.29 is 10.2 Å². The van der Waals surface area contributed by atoms with Crippen LogP contribution in [0.15, 0.2) is 24.3 Å². The first kappa shape index (κ1) is 9.23. The Morgan fingerprint density at radius 2 is 2.00 bits per heavy atom. The summed E-state index contributed by atoms with van der Waals surface area (Å²) in [5.74, 6) is 0. The van der Waals surface area contributed by atoms with E-state index in [4.69, 9.17) is 5.11 Å². The molecular weight excluding hydrogens is 152 g/mol. The summed E-state index contributed by atoms with van der Waals surface area (Å²) in [6, 6.07) is 7.67. The molecule has 0 radical (unpaired) electrons. The van der Waals surface area contributed by atoms with Gasteiger partial charge in [0.2, 0.25) is 0 Å². The van der Waals surface area contributed by atoms with Gasteiger partial charge in [-0.1, -0.05) is 24.3 Å². The zero-order valence-corrected chi connectivity index (χ0v) is 7.20. The van der Waals surface area contributed by atoms with Gasteiger partial charge >= 0.3 is 0 Å². The highest BCUT2D eigenvalue weighted by molar-refractivity contribution is 5.27. The number of aliphatic hydroxyl groups is 2. The van der Waals surface area contributed by atoms with E-state index in [1.54, 1.807) is 0 Å². The molecule has 0 saturated heterocycles. The molecule has 1 aromatic rings. The van der Waals surface area contributed by atoms with Crippen molar-refractivity contribution >= 4 is 0 Å². The summed E-state index contributed by atoms with van der Waals surface area (Å²) < 4.78 is 0.